The minimum Gasteiger partial charge on any atom is -0.462 e. The summed E-state index contributed by atoms with van der Waals surface area (Å²) in [4.78, 5) is 35.1. The van der Waals surface area contributed by atoms with Crippen molar-refractivity contribution in [3.63, 3.8) is 0 Å². The lowest BCUT2D eigenvalue weighted by atomic mass is 10.0. The number of phosphoric ester groups is 1. The van der Waals surface area contributed by atoms with Gasteiger partial charge in [0.1, 0.15) is 6.61 Å². The van der Waals surface area contributed by atoms with Crippen LogP contribution in [0.3, 0.4) is 0 Å². The normalized spacial score (nSPS) is 13.6. The van der Waals surface area contributed by atoms with Crippen LogP contribution in [-0.2, 0) is 32.7 Å². The standard InChI is InChI=1S/C46H86NO8P/c1-4-6-8-10-12-14-16-18-20-22-24-26-28-30-32-34-36-38-45(48)52-42-44(43-54-56(50,51)53-41-40-47-3)55-46(49)39-37-35-33-31-29-27-25-23-21-19-17-15-13-11-9-7-5-2/h18,20,24,26,30,32,44,47H,4-17,19,21-23,25,27-29,31,33-43H2,1-3H3,(H,50,51)/b20-18-,26-24-,32-30-. The number of likely N-dealkylation sites (N-methyl/N-ethyl adjacent to an activating group) is 1. The molecular formula is C46H86NO8P. The zero-order valence-corrected chi connectivity index (χ0v) is 37.2. The summed E-state index contributed by atoms with van der Waals surface area (Å²) in [7, 11) is -2.66. The molecule has 2 N–H and O–H groups in total. The van der Waals surface area contributed by atoms with Gasteiger partial charge in [-0.2, -0.15) is 0 Å². The second-order valence-electron chi connectivity index (χ2n) is 15.2. The SMILES string of the molecule is CCCCCCCC/C=C\C/C=C\C/C=C\CCCC(=O)OCC(COP(=O)(O)OCCNC)OC(=O)CCCCCCCCCCCCCCCCCCC. The zero-order chi connectivity index (χ0) is 41.1. The largest absolute Gasteiger partial charge is 0.472 e. The van der Waals surface area contributed by atoms with Crippen molar-refractivity contribution >= 4 is 19.8 Å². The fraction of sp³-hybridized carbons (Fsp3) is 0.826. The molecule has 56 heavy (non-hydrogen) atoms. The van der Waals surface area contributed by atoms with E-state index in [0.717, 1.165) is 32.1 Å². The Morgan fingerprint density at radius 3 is 1.48 bits per heavy atom. The molecule has 0 radical (unpaired) electrons. The first-order chi connectivity index (χ1) is 27.3. The van der Waals surface area contributed by atoms with Crippen LogP contribution in [0.4, 0.5) is 0 Å². The fourth-order valence-corrected chi connectivity index (χ4v) is 7.03. The summed E-state index contributed by atoms with van der Waals surface area (Å²) in [5.41, 5.74) is 0. The minimum atomic E-state index is -4.36. The molecule has 2 atom stereocenters. The van der Waals surface area contributed by atoms with Gasteiger partial charge in [-0.05, 0) is 52.0 Å². The molecule has 0 aromatic rings. The molecule has 9 nitrogen and oxygen atoms in total. The van der Waals surface area contributed by atoms with Gasteiger partial charge in [0.15, 0.2) is 6.10 Å². The Balaban J connectivity index is 4.25. The van der Waals surface area contributed by atoms with Crippen LogP contribution in [0.1, 0.15) is 206 Å². The maximum Gasteiger partial charge on any atom is 0.472 e. The van der Waals surface area contributed by atoms with Gasteiger partial charge >= 0.3 is 19.8 Å². The Kier molecular flexibility index (Phi) is 41.5. The van der Waals surface area contributed by atoms with Gasteiger partial charge in [-0.3, -0.25) is 18.6 Å². The van der Waals surface area contributed by atoms with Crippen molar-refractivity contribution in [3.05, 3.63) is 36.5 Å². The van der Waals surface area contributed by atoms with E-state index in [1.54, 1.807) is 7.05 Å². The third-order valence-corrected chi connectivity index (χ3v) is 10.7. The third-order valence-electron chi connectivity index (χ3n) is 9.76. The number of phosphoric acid groups is 1. The number of carbonyl (C=O) groups excluding carboxylic acids is 2. The van der Waals surface area contributed by atoms with Crippen LogP contribution in [-0.4, -0.2) is 56.3 Å². The quantitative estimate of drug-likeness (QED) is 0.0268. The molecule has 0 rings (SSSR count). The van der Waals surface area contributed by atoms with Crippen molar-refractivity contribution in [2.24, 2.45) is 0 Å². The molecule has 0 saturated carbocycles. The van der Waals surface area contributed by atoms with E-state index in [0.29, 0.717) is 19.4 Å². The number of allylic oxidation sites excluding steroid dienone is 6. The molecule has 2 unspecified atom stereocenters. The molecule has 0 bridgehead atoms. The first-order valence-electron chi connectivity index (χ1n) is 22.9. The Morgan fingerprint density at radius 2 is 0.982 bits per heavy atom. The number of carbonyl (C=O) groups is 2. The Hall–Kier alpha value is -1.77. The zero-order valence-electron chi connectivity index (χ0n) is 36.3. The summed E-state index contributed by atoms with van der Waals surface area (Å²) in [6.07, 6.45) is 46.2. The number of hydrogen-bond donors (Lipinski definition) is 2. The number of hydrogen-bond acceptors (Lipinski definition) is 8. The lowest BCUT2D eigenvalue weighted by molar-refractivity contribution is -0.161. The molecule has 0 aromatic heterocycles. The van der Waals surface area contributed by atoms with E-state index in [9.17, 15) is 19.0 Å². The molecule has 0 heterocycles. The topological polar surface area (TPSA) is 120 Å². The summed E-state index contributed by atoms with van der Waals surface area (Å²) in [6, 6.07) is 0. The smallest absolute Gasteiger partial charge is 0.462 e. The molecule has 0 saturated heterocycles. The van der Waals surface area contributed by atoms with Gasteiger partial charge in [-0.1, -0.05) is 185 Å². The number of ether oxygens (including phenoxy) is 2. The second kappa shape index (κ2) is 42.8. The van der Waals surface area contributed by atoms with E-state index < -0.39 is 32.5 Å². The summed E-state index contributed by atoms with van der Waals surface area (Å²) in [5, 5.41) is 2.82. The fourth-order valence-electron chi connectivity index (χ4n) is 6.28. The van der Waals surface area contributed by atoms with Crippen molar-refractivity contribution in [2.45, 2.75) is 213 Å². The summed E-state index contributed by atoms with van der Waals surface area (Å²) >= 11 is 0. The van der Waals surface area contributed by atoms with Crippen LogP contribution < -0.4 is 5.32 Å². The van der Waals surface area contributed by atoms with Gasteiger partial charge in [0.2, 0.25) is 0 Å². The van der Waals surface area contributed by atoms with Crippen LogP contribution in [0.15, 0.2) is 36.5 Å². The van der Waals surface area contributed by atoms with Crippen LogP contribution in [0.25, 0.3) is 0 Å². The monoisotopic (exact) mass is 812 g/mol. The highest BCUT2D eigenvalue weighted by atomic mass is 31.2. The average molecular weight is 812 g/mol. The summed E-state index contributed by atoms with van der Waals surface area (Å²) in [5.74, 6) is -0.861. The highest BCUT2D eigenvalue weighted by Gasteiger charge is 2.26. The van der Waals surface area contributed by atoms with Crippen molar-refractivity contribution in [3.8, 4) is 0 Å². The van der Waals surface area contributed by atoms with Crippen molar-refractivity contribution in [1.29, 1.82) is 0 Å². The molecule has 0 aliphatic heterocycles. The van der Waals surface area contributed by atoms with Gasteiger partial charge in [0.05, 0.1) is 13.2 Å². The first-order valence-corrected chi connectivity index (χ1v) is 24.4. The number of esters is 2. The van der Waals surface area contributed by atoms with E-state index >= 15 is 0 Å². The minimum absolute atomic E-state index is 0.0234. The van der Waals surface area contributed by atoms with Crippen molar-refractivity contribution in [2.75, 3.05) is 33.4 Å². The van der Waals surface area contributed by atoms with Gasteiger partial charge < -0.3 is 19.7 Å². The maximum atomic E-state index is 12.6. The summed E-state index contributed by atoms with van der Waals surface area (Å²) in [6.45, 7) is 4.18. The van der Waals surface area contributed by atoms with Gasteiger partial charge in [0.25, 0.3) is 0 Å². The van der Waals surface area contributed by atoms with Crippen molar-refractivity contribution < 1.29 is 37.6 Å². The molecule has 0 aliphatic rings. The van der Waals surface area contributed by atoms with Crippen LogP contribution in [0, 0.1) is 0 Å². The predicted octanol–water partition coefficient (Wildman–Crippen LogP) is 13.2. The van der Waals surface area contributed by atoms with E-state index in [-0.39, 0.29) is 26.1 Å². The number of rotatable bonds is 43. The number of nitrogens with one attached hydrogen (secondary N) is 1. The van der Waals surface area contributed by atoms with Gasteiger partial charge in [0, 0.05) is 19.4 Å². The third kappa shape index (κ3) is 41.9. The van der Waals surface area contributed by atoms with Gasteiger partial charge in [-0.15, -0.1) is 0 Å². The Morgan fingerprint density at radius 1 is 0.554 bits per heavy atom. The Labute approximate surface area is 344 Å². The molecule has 0 aromatic carbocycles. The van der Waals surface area contributed by atoms with Crippen molar-refractivity contribution in [1.82, 2.24) is 5.32 Å². The molecule has 0 amide bonds. The highest BCUT2D eigenvalue weighted by Crippen LogP contribution is 2.43. The van der Waals surface area contributed by atoms with Gasteiger partial charge in [-0.25, -0.2) is 4.57 Å². The molecule has 10 heteroatoms. The maximum absolute atomic E-state index is 12.6. The second-order valence-corrected chi connectivity index (χ2v) is 16.7. The Bertz CT molecular complexity index is 1020. The lowest BCUT2D eigenvalue weighted by Crippen LogP contribution is -2.29. The molecule has 328 valence electrons. The van der Waals surface area contributed by atoms with Crippen LogP contribution in [0.5, 0.6) is 0 Å². The molecule has 0 fully saturated rings. The lowest BCUT2D eigenvalue weighted by Gasteiger charge is -2.20. The van der Waals surface area contributed by atoms with E-state index in [2.05, 4.69) is 55.6 Å². The van der Waals surface area contributed by atoms with E-state index in [4.69, 9.17) is 18.5 Å². The van der Waals surface area contributed by atoms with E-state index in [1.807, 2.05) is 0 Å². The molecular weight excluding hydrogens is 725 g/mol. The summed E-state index contributed by atoms with van der Waals surface area (Å²) < 4.78 is 33.2. The molecule has 0 spiro atoms. The number of unbranched alkanes of at least 4 members (excludes halogenated alkanes) is 23. The van der Waals surface area contributed by atoms with E-state index in [1.165, 1.54) is 135 Å². The average Bonchev–Trinajstić information content (AvgIpc) is 3.18. The van der Waals surface area contributed by atoms with Crippen LogP contribution in [0.2, 0.25) is 0 Å². The first kappa shape index (κ1) is 54.2. The highest BCUT2D eigenvalue weighted by molar-refractivity contribution is 7.47. The predicted molar refractivity (Wildman–Crippen MR) is 234 cm³/mol. The molecule has 0 aliphatic carbocycles. The van der Waals surface area contributed by atoms with Crippen LogP contribution >= 0.6 is 7.82 Å².